The van der Waals surface area contributed by atoms with Gasteiger partial charge in [-0.3, -0.25) is 5.10 Å². The summed E-state index contributed by atoms with van der Waals surface area (Å²) < 4.78 is 1.34. The van der Waals surface area contributed by atoms with Crippen LogP contribution < -0.4 is 11.0 Å². The molecule has 3 heterocycles. The molecule has 3 aromatic rings. The van der Waals surface area contributed by atoms with Crippen molar-refractivity contribution >= 4 is 11.5 Å². The first-order valence-electron chi connectivity index (χ1n) is 5.39. The summed E-state index contributed by atoms with van der Waals surface area (Å²) in [4.78, 5) is 15.4. The van der Waals surface area contributed by atoms with Crippen LogP contribution >= 0.6 is 0 Å². The fraction of sp³-hybridized carbons (Fsp3) is 0.200. The lowest BCUT2D eigenvalue weighted by atomic mass is 10.2. The highest BCUT2D eigenvalue weighted by Crippen LogP contribution is 2.08. The highest BCUT2D eigenvalue weighted by atomic mass is 16.1. The Bertz CT molecular complexity index is 738. The SMILES string of the molecule is Cc1[nH]ncc1CNc1cc2n[nH]c(=O)n2cn1. The summed E-state index contributed by atoms with van der Waals surface area (Å²) in [6.45, 7) is 2.56. The van der Waals surface area contributed by atoms with Gasteiger partial charge in [-0.25, -0.2) is 19.3 Å². The first-order chi connectivity index (χ1) is 8.74. The van der Waals surface area contributed by atoms with Gasteiger partial charge in [-0.15, -0.1) is 0 Å². The lowest BCUT2D eigenvalue weighted by Crippen LogP contribution is -2.10. The van der Waals surface area contributed by atoms with Crippen LogP contribution in [0.5, 0.6) is 0 Å². The van der Waals surface area contributed by atoms with Crippen molar-refractivity contribution in [3.05, 3.63) is 40.3 Å². The van der Waals surface area contributed by atoms with Gasteiger partial charge in [-0.1, -0.05) is 0 Å². The number of hydrogen-bond acceptors (Lipinski definition) is 5. The smallest absolute Gasteiger partial charge is 0.348 e. The molecule has 0 saturated carbocycles. The van der Waals surface area contributed by atoms with Crippen LogP contribution in [0.4, 0.5) is 5.82 Å². The van der Waals surface area contributed by atoms with Crippen molar-refractivity contribution in [1.82, 2.24) is 29.8 Å². The number of fused-ring (bicyclic) bond motifs is 1. The van der Waals surface area contributed by atoms with Crippen LogP contribution in [0.15, 0.2) is 23.4 Å². The zero-order valence-corrected chi connectivity index (χ0v) is 9.64. The predicted octanol–water partition coefficient (Wildman–Crippen LogP) is 0.0612. The number of aromatic amines is 2. The number of hydrogen-bond donors (Lipinski definition) is 3. The molecule has 92 valence electrons. The largest absolute Gasteiger partial charge is 0.366 e. The Balaban J connectivity index is 1.83. The predicted molar refractivity (Wildman–Crippen MR) is 64.3 cm³/mol. The average molecular weight is 245 g/mol. The van der Waals surface area contributed by atoms with Gasteiger partial charge in [0, 0.05) is 23.9 Å². The van der Waals surface area contributed by atoms with Gasteiger partial charge in [0.1, 0.15) is 12.1 Å². The van der Waals surface area contributed by atoms with Crippen molar-refractivity contribution in [3.63, 3.8) is 0 Å². The van der Waals surface area contributed by atoms with E-state index < -0.39 is 0 Å². The molecule has 3 aromatic heterocycles. The van der Waals surface area contributed by atoms with Gasteiger partial charge in [0.25, 0.3) is 0 Å². The second-order valence-corrected chi connectivity index (χ2v) is 3.90. The summed E-state index contributed by atoms with van der Waals surface area (Å²) in [5.74, 6) is 0.655. The van der Waals surface area contributed by atoms with E-state index >= 15 is 0 Å². The summed E-state index contributed by atoms with van der Waals surface area (Å²) in [6, 6.07) is 1.70. The number of aromatic nitrogens is 6. The van der Waals surface area contributed by atoms with Crippen LogP contribution in [-0.2, 0) is 6.54 Å². The molecular weight excluding hydrogens is 234 g/mol. The van der Waals surface area contributed by atoms with Crippen LogP contribution in [-0.4, -0.2) is 29.8 Å². The highest BCUT2D eigenvalue weighted by molar-refractivity contribution is 5.48. The minimum atomic E-state index is -0.297. The van der Waals surface area contributed by atoms with Crippen LogP contribution in [0.2, 0.25) is 0 Å². The Hall–Kier alpha value is -2.64. The fourth-order valence-corrected chi connectivity index (χ4v) is 1.65. The summed E-state index contributed by atoms with van der Waals surface area (Å²) in [5.41, 5.74) is 2.31. The van der Waals surface area contributed by atoms with Gasteiger partial charge in [0.05, 0.1) is 6.20 Å². The van der Waals surface area contributed by atoms with Crippen molar-refractivity contribution in [1.29, 1.82) is 0 Å². The lowest BCUT2D eigenvalue weighted by molar-refractivity contribution is 0.989. The monoisotopic (exact) mass is 245 g/mol. The molecule has 0 bridgehead atoms. The topological polar surface area (TPSA) is 104 Å². The number of aryl methyl sites for hydroxylation is 1. The standard InChI is InChI=1S/C10H11N7O/c1-6-7(4-13-14-6)3-11-8-2-9-15-16-10(18)17(9)5-12-8/h2,4-5,11H,3H2,1H3,(H,13,14)(H,16,18). The third-order valence-corrected chi connectivity index (χ3v) is 2.70. The molecule has 18 heavy (non-hydrogen) atoms. The van der Waals surface area contributed by atoms with Gasteiger partial charge in [-0.05, 0) is 6.92 Å². The summed E-state index contributed by atoms with van der Waals surface area (Å²) >= 11 is 0. The Morgan fingerprint density at radius 2 is 2.33 bits per heavy atom. The second kappa shape index (κ2) is 3.99. The van der Waals surface area contributed by atoms with E-state index in [1.54, 1.807) is 12.3 Å². The van der Waals surface area contributed by atoms with Gasteiger partial charge in [0.2, 0.25) is 0 Å². The van der Waals surface area contributed by atoms with Crippen LogP contribution in [0, 0.1) is 6.92 Å². The fourth-order valence-electron chi connectivity index (χ4n) is 1.65. The number of nitrogens with zero attached hydrogens (tertiary/aromatic N) is 4. The van der Waals surface area contributed by atoms with E-state index in [4.69, 9.17) is 0 Å². The minimum absolute atomic E-state index is 0.297. The third-order valence-electron chi connectivity index (χ3n) is 2.70. The number of H-pyrrole nitrogens is 2. The van der Waals surface area contributed by atoms with Gasteiger partial charge in [-0.2, -0.15) is 10.2 Å². The zero-order valence-electron chi connectivity index (χ0n) is 9.64. The molecule has 3 N–H and O–H groups in total. The molecule has 0 aliphatic heterocycles. The molecular formula is C10H11N7O. The average Bonchev–Trinajstić information content (AvgIpc) is 2.94. The summed E-state index contributed by atoms with van der Waals surface area (Å²) in [7, 11) is 0. The van der Waals surface area contributed by atoms with E-state index in [2.05, 4.69) is 30.7 Å². The van der Waals surface area contributed by atoms with Crippen molar-refractivity contribution in [2.75, 3.05) is 5.32 Å². The highest BCUT2D eigenvalue weighted by Gasteiger charge is 2.04. The van der Waals surface area contributed by atoms with Crippen molar-refractivity contribution in [3.8, 4) is 0 Å². The maximum atomic E-state index is 11.3. The maximum absolute atomic E-state index is 11.3. The third kappa shape index (κ3) is 1.73. The number of anilines is 1. The molecule has 0 unspecified atom stereocenters. The minimum Gasteiger partial charge on any atom is -0.366 e. The Morgan fingerprint density at radius 3 is 3.11 bits per heavy atom. The lowest BCUT2D eigenvalue weighted by Gasteiger charge is -2.04. The molecule has 0 amide bonds. The van der Waals surface area contributed by atoms with Gasteiger partial charge in [0.15, 0.2) is 5.65 Å². The first-order valence-corrected chi connectivity index (χ1v) is 5.39. The molecule has 0 fully saturated rings. The zero-order chi connectivity index (χ0) is 12.5. The van der Waals surface area contributed by atoms with E-state index in [1.807, 2.05) is 6.92 Å². The van der Waals surface area contributed by atoms with Crippen LogP contribution in [0.25, 0.3) is 5.65 Å². The van der Waals surface area contributed by atoms with E-state index in [1.165, 1.54) is 10.7 Å². The molecule has 0 aliphatic rings. The Labute approximate surface area is 101 Å². The molecule has 3 rings (SSSR count). The van der Waals surface area contributed by atoms with Crippen molar-refractivity contribution in [2.45, 2.75) is 13.5 Å². The number of nitrogens with one attached hydrogen (secondary N) is 3. The molecule has 0 radical (unpaired) electrons. The number of rotatable bonds is 3. The molecule has 0 spiro atoms. The van der Waals surface area contributed by atoms with Gasteiger partial charge < -0.3 is 5.32 Å². The van der Waals surface area contributed by atoms with Gasteiger partial charge >= 0.3 is 5.69 Å². The van der Waals surface area contributed by atoms with E-state index in [0.29, 0.717) is 18.0 Å². The van der Waals surface area contributed by atoms with Crippen molar-refractivity contribution in [2.24, 2.45) is 0 Å². The molecule has 0 saturated heterocycles. The Morgan fingerprint density at radius 1 is 1.44 bits per heavy atom. The van der Waals surface area contributed by atoms with Crippen LogP contribution in [0.1, 0.15) is 11.3 Å². The summed E-state index contributed by atoms with van der Waals surface area (Å²) in [5, 5.41) is 16.2. The molecule has 0 atom stereocenters. The molecule has 0 aromatic carbocycles. The molecule has 0 aliphatic carbocycles. The van der Waals surface area contributed by atoms with E-state index in [-0.39, 0.29) is 5.69 Å². The first kappa shape index (κ1) is 10.5. The van der Waals surface area contributed by atoms with Crippen molar-refractivity contribution < 1.29 is 0 Å². The molecule has 8 heteroatoms. The van der Waals surface area contributed by atoms with E-state index in [9.17, 15) is 4.79 Å². The van der Waals surface area contributed by atoms with E-state index in [0.717, 1.165) is 11.3 Å². The Kier molecular flexibility index (Phi) is 2.33. The summed E-state index contributed by atoms with van der Waals surface area (Å²) in [6.07, 6.45) is 3.20. The van der Waals surface area contributed by atoms with Crippen LogP contribution in [0.3, 0.4) is 0 Å². The normalized spacial score (nSPS) is 10.9. The molecule has 8 nitrogen and oxygen atoms in total. The second-order valence-electron chi connectivity index (χ2n) is 3.90. The quantitative estimate of drug-likeness (QED) is 0.605. The maximum Gasteiger partial charge on any atom is 0.348 e.